The summed E-state index contributed by atoms with van der Waals surface area (Å²) in [6.07, 6.45) is 0. The standard InChI is InChI=1S/C81H81N3/c1-52(2)70-46-67(47-71(53(3)4)79(70)82-76(58-31-19-13-20-32-58)59-33-21-14-22-34-59)64-43-65(68-48-72(54(5)6)80(73(49-68)55(7)8)83-77(60-35-23-15-24-36-60)61-37-25-16-26-38-61)45-66(44-64)69-50-74(56(9)10)81(75(51-69)57(11)12)84-78(62-39-27-17-28-40-62)63-41-29-18-30-42-63/h13-57H,1-12H3. The van der Waals surface area contributed by atoms with Crippen molar-refractivity contribution < 1.29 is 0 Å². The minimum Gasteiger partial charge on any atom is -0.247 e. The van der Waals surface area contributed by atoms with Gasteiger partial charge in [0.2, 0.25) is 0 Å². The van der Waals surface area contributed by atoms with Gasteiger partial charge in [0.05, 0.1) is 34.2 Å². The van der Waals surface area contributed by atoms with Gasteiger partial charge in [-0.2, -0.15) is 0 Å². The van der Waals surface area contributed by atoms with E-state index in [4.69, 9.17) is 15.0 Å². The zero-order valence-electron chi connectivity index (χ0n) is 51.3. The Morgan fingerprint density at radius 2 is 0.345 bits per heavy atom. The molecule has 0 saturated carbocycles. The maximum absolute atomic E-state index is 5.74. The van der Waals surface area contributed by atoms with Crippen LogP contribution in [0.1, 0.15) is 185 Å². The van der Waals surface area contributed by atoms with E-state index < -0.39 is 0 Å². The van der Waals surface area contributed by atoms with Crippen LogP contribution >= 0.6 is 0 Å². The molecule has 3 nitrogen and oxygen atoms in total. The summed E-state index contributed by atoms with van der Waals surface area (Å²) in [6, 6.07) is 85.8. The Bertz CT molecular complexity index is 3320. The van der Waals surface area contributed by atoms with Crippen LogP contribution < -0.4 is 0 Å². The topological polar surface area (TPSA) is 37.1 Å². The summed E-state index contributed by atoms with van der Waals surface area (Å²) in [5.74, 6) is 1.14. The van der Waals surface area contributed by atoms with E-state index >= 15 is 0 Å². The second kappa shape index (κ2) is 26.2. The first-order valence-corrected chi connectivity index (χ1v) is 30.4. The highest BCUT2D eigenvalue weighted by atomic mass is 14.8. The van der Waals surface area contributed by atoms with Crippen molar-refractivity contribution in [1.82, 2.24) is 0 Å². The first-order chi connectivity index (χ1) is 40.6. The molecule has 0 aliphatic heterocycles. The average Bonchev–Trinajstić information content (AvgIpc) is 2.45. The first kappa shape index (κ1) is 58.4. The van der Waals surface area contributed by atoms with Crippen LogP contribution in [0, 0.1) is 0 Å². The number of rotatable bonds is 18. The van der Waals surface area contributed by atoms with Gasteiger partial charge < -0.3 is 0 Å². The van der Waals surface area contributed by atoms with Gasteiger partial charge in [-0.1, -0.05) is 265 Å². The smallest absolute Gasteiger partial charge is 0.0781 e. The number of aliphatic imine (C=N–C) groups is 3. The number of nitrogens with zero attached hydrogens (tertiary/aromatic N) is 3. The summed E-state index contributed by atoms with van der Waals surface area (Å²) in [4.78, 5) is 17.2. The first-order valence-electron chi connectivity index (χ1n) is 30.4. The van der Waals surface area contributed by atoms with E-state index in [1.165, 1.54) is 50.1 Å². The molecule has 0 amide bonds. The molecule has 0 bridgehead atoms. The van der Waals surface area contributed by atoms with Gasteiger partial charge in [-0.15, -0.1) is 0 Å². The van der Waals surface area contributed by atoms with Crippen molar-refractivity contribution in [3.63, 3.8) is 0 Å². The molecule has 0 spiro atoms. The minimum absolute atomic E-state index is 0.190. The Labute approximate surface area is 501 Å². The predicted octanol–water partition coefficient (Wildman–Crippen LogP) is 22.9. The van der Waals surface area contributed by atoms with Gasteiger partial charge >= 0.3 is 0 Å². The second-order valence-corrected chi connectivity index (χ2v) is 24.3. The van der Waals surface area contributed by atoms with E-state index in [2.05, 4.69) is 320 Å². The maximum Gasteiger partial charge on any atom is 0.0781 e. The van der Waals surface area contributed by atoms with Crippen molar-refractivity contribution >= 4 is 34.2 Å². The fraction of sp³-hybridized carbons (Fsp3) is 0.222. The van der Waals surface area contributed by atoms with Crippen LogP contribution in [0.4, 0.5) is 17.1 Å². The molecule has 0 heterocycles. The monoisotopic (exact) mass is 1100 g/mol. The Hall–Kier alpha value is -8.79. The summed E-state index contributed by atoms with van der Waals surface area (Å²) in [5.41, 5.74) is 27.1. The van der Waals surface area contributed by atoms with Gasteiger partial charge in [0, 0.05) is 33.4 Å². The molecule has 0 unspecified atom stereocenters. The number of hydrogen-bond acceptors (Lipinski definition) is 3. The molecular weight excluding hydrogens is 1010 g/mol. The molecule has 0 aliphatic carbocycles. The highest BCUT2D eigenvalue weighted by Gasteiger charge is 2.24. The van der Waals surface area contributed by atoms with Gasteiger partial charge in [-0.05, 0) is 157 Å². The third-order valence-electron chi connectivity index (χ3n) is 16.1. The van der Waals surface area contributed by atoms with Crippen molar-refractivity contribution in [3.8, 4) is 33.4 Å². The van der Waals surface area contributed by atoms with Crippen molar-refractivity contribution in [2.24, 2.45) is 15.0 Å². The molecule has 84 heavy (non-hydrogen) atoms. The van der Waals surface area contributed by atoms with E-state index in [-0.39, 0.29) is 35.5 Å². The SMILES string of the molecule is CC(C)c1cc(-c2cc(-c3cc(C(C)C)c(N=C(c4ccccc4)c4ccccc4)c(C(C)C)c3)cc(-c3cc(C(C)C)c(N=C(c4ccccc4)c4ccccc4)c(C(C)C)c3)c2)cc(C(C)C)c1N=C(c1ccccc1)c1ccccc1. The average molecular weight is 1100 g/mol. The van der Waals surface area contributed by atoms with Crippen LogP contribution in [0.3, 0.4) is 0 Å². The maximum atomic E-state index is 5.74. The molecular formula is C81H81N3. The lowest BCUT2D eigenvalue weighted by Crippen LogP contribution is -2.05. The van der Waals surface area contributed by atoms with E-state index in [1.807, 2.05) is 0 Å². The molecule has 10 rings (SSSR count). The quantitative estimate of drug-likeness (QED) is 0.0768. The van der Waals surface area contributed by atoms with Crippen molar-refractivity contribution in [1.29, 1.82) is 0 Å². The lowest BCUT2D eigenvalue weighted by atomic mass is 9.84. The zero-order valence-corrected chi connectivity index (χ0v) is 51.3. The molecule has 0 radical (unpaired) electrons. The molecule has 0 N–H and O–H groups in total. The lowest BCUT2D eigenvalue weighted by Gasteiger charge is -2.23. The van der Waals surface area contributed by atoms with Gasteiger partial charge in [0.15, 0.2) is 0 Å². The zero-order chi connectivity index (χ0) is 59.0. The summed E-state index contributed by atoms with van der Waals surface area (Å²) in [5, 5.41) is 0. The highest BCUT2D eigenvalue weighted by molar-refractivity contribution is 6.16. The van der Waals surface area contributed by atoms with Gasteiger partial charge in [-0.3, -0.25) is 0 Å². The lowest BCUT2D eigenvalue weighted by molar-refractivity contribution is 0.835. The molecule has 10 aromatic rings. The summed E-state index contributed by atoms with van der Waals surface area (Å²) >= 11 is 0. The van der Waals surface area contributed by atoms with Crippen LogP contribution in [0.2, 0.25) is 0 Å². The van der Waals surface area contributed by atoms with Crippen LogP contribution in [-0.2, 0) is 0 Å². The van der Waals surface area contributed by atoms with E-state index in [0.717, 1.165) is 84.3 Å². The molecule has 420 valence electrons. The van der Waals surface area contributed by atoms with Gasteiger partial charge in [-0.25, -0.2) is 15.0 Å². The second-order valence-electron chi connectivity index (χ2n) is 24.3. The van der Waals surface area contributed by atoms with Crippen LogP contribution in [0.5, 0.6) is 0 Å². The molecule has 3 heteroatoms. The number of hydrogen-bond donors (Lipinski definition) is 0. The summed E-state index contributed by atoms with van der Waals surface area (Å²) in [7, 11) is 0. The summed E-state index contributed by atoms with van der Waals surface area (Å²) in [6.45, 7) is 27.7. The third-order valence-corrected chi connectivity index (χ3v) is 16.1. The molecule has 0 aliphatic rings. The van der Waals surface area contributed by atoms with Crippen LogP contribution in [0.15, 0.2) is 252 Å². The number of benzene rings is 10. The Kier molecular flexibility index (Phi) is 18.2. The molecule has 0 fully saturated rings. The van der Waals surface area contributed by atoms with Gasteiger partial charge in [0.25, 0.3) is 0 Å². The fourth-order valence-corrected chi connectivity index (χ4v) is 11.5. The van der Waals surface area contributed by atoms with E-state index in [1.54, 1.807) is 0 Å². The normalized spacial score (nSPS) is 11.5. The molecule has 10 aromatic carbocycles. The fourth-order valence-electron chi connectivity index (χ4n) is 11.5. The Morgan fingerprint density at radius 3 is 0.488 bits per heavy atom. The largest absolute Gasteiger partial charge is 0.247 e. The van der Waals surface area contributed by atoms with Gasteiger partial charge in [0.1, 0.15) is 0 Å². The van der Waals surface area contributed by atoms with E-state index in [9.17, 15) is 0 Å². The predicted molar refractivity (Wildman–Crippen MR) is 362 cm³/mol. The van der Waals surface area contributed by atoms with Crippen LogP contribution in [-0.4, -0.2) is 17.1 Å². The van der Waals surface area contributed by atoms with Crippen molar-refractivity contribution in [2.45, 2.75) is 119 Å². The minimum atomic E-state index is 0.190. The van der Waals surface area contributed by atoms with E-state index in [0.29, 0.717) is 0 Å². The summed E-state index contributed by atoms with van der Waals surface area (Å²) < 4.78 is 0. The Morgan fingerprint density at radius 1 is 0.202 bits per heavy atom. The molecule has 0 saturated heterocycles. The van der Waals surface area contributed by atoms with Crippen LogP contribution in [0.25, 0.3) is 33.4 Å². The Balaban J connectivity index is 1.25. The molecule has 0 atom stereocenters. The van der Waals surface area contributed by atoms with Crippen molar-refractivity contribution in [3.05, 3.63) is 303 Å². The highest BCUT2D eigenvalue weighted by Crippen LogP contribution is 2.46. The third kappa shape index (κ3) is 13.0. The van der Waals surface area contributed by atoms with Crippen molar-refractivity contribution in [2.75, 3.05) is 0 Å². The molecule has 0 aromatic heterocycles.